The molecule has 0 amide bonds. The maximum absolute atomic E-state index is 8.73. The van der Waals surface area contributed by atoms with Crippen molar-refractivity contribution in [3.63, 3.8) is 0 Å². The Kier molecular flexibility index (Phi) is 11.2. The van der Waals surface area contributed by atoms with Crippen LogP contribution in [0.4, 0.5) is 0 Å². The predicted molar refractivity (Wildman–Crippen MR) is 223 cm³/mol. The predicted octanol–water partition coefficient (Wildman–Crippen LogP) is 15.1. The van der Waals surface area contributed by atoms with E-state index in [0.717, 1.165) is 25.7 Å². The molecular weight excluding hydrogens is 743 g/mol. The zero-order valence-corrected chi connectivity index (χ0v) is 36.9. The van der Waals surface area contributed by atoms with E-state index in [-0.39, 0.29) is 7.25 Å². The molecule has 4 aromatic rings. The second kappa shape index (κ2) is 14.8. The van der Waals surface area contributed by atoms with E-state index in [1.807, 2.05) is 0 Å². The average Bonchev–Trinajstić information content (AvgIpc) is 3.70. The molecule has 0 nitrogen and oxygen atoms in total. The maximum atomic E-state index is 8.73. The molecule has 50 heavy (non-hydrogen) atoms. The Hall–Kier alpha value is -1.96. The zero-order chi connectivity index (χ0) is 36.0. The van der Waals surface area contributed by atoms with Gasteiger partial charge in [0.05, 0.1) is 0 Å². The molecule has 0 radical (unpaired) electrons. The van der Waals surface area contributed by atoms with E-state index >= 15 is 0 Å². The summed E-state index contributed by atoms with van der Waals surface area (Å²) in [5, 5.41) is 0. The van der Waals surface area contributed by atoms with Gasteiger partial charge in [-0.1, -0.05) is 0 Å². The van der Waals surface area contributed by atoms with Gasteiger partial charge in [0.1, 0.15) is 0 Å². The third-order valence-corrected chi connectivity index (χ3v) is 64.6. The molecule has 4 heteroatoms. The van der Waals surface area contributed by atoms with Gasteiger partial charge in [-0.3, -0.25) is 0 Å². The summed E-state index contributed by atoms with van der Waals surface area (Å²) in [5.74, 6) is -0.107. The molecule has 0 spiro atoms. The van der Waals surface area contributed by atoms with Gasteiger partial charge in [-0.2, -0.15) is 0 Å². The Labute approximate surface area is 312 Å². The monoisotopic (exact) mass is 797 g/mol. The molecule has 6 rings (SSSR count). The molecular formula is C46H57Cl2SiZr. The van der Waals surface area contributed by atoms with Gasteiger partial charge in [0.15, 0.2) is 0 Å². The van der Waals surface area contributed by atoms with Crippen LogP contribution in [0.1, 0.15) is 127 Å². The number of rotatable bonds is 12. The third-order valence-electron chi connectivity index (χ3n) is 12.7. The summed E-state index contributed by atoms with van der Waals surface area (Å²) in [6.07, 6.45) is 9.56. The first-order valence-corrected chi connectivity index (χ1v) is 35.6. The van der Waals surface area contributed by atoms with E-state index in [2.05, 4.69) is 159 Å². The normalized spacial score (nSPS) is 19.6. The standard InChI is InChI=1S/C24H29.C20H21.C2H7Si.2ClH.Zr/c1-5-8-18(4)22-15-21-9-7-10-23(24(21)16-22)20-13-11-19(12-14-20)17(3)6-2;1-4-15(3)16-8-10-17(11-9-16)19-7-5-6-18-12-14(2)13-20(18)19;1-3-2;;;/h7,9-18H,5-6,8H2,1-4H3;5-13,15H,4H2,1-3H3;3H,1-2H3;2*1H;/q;;;;;+2/p-2. The van der Waals surface area contributed by atoms with Crippen LogP contribution in [-0.2, 0) is 15.6 Å². The minimum atomic E-state index is -4.85. The quantitative estimate of drug-likeness (QED) is 0.125. The van der Waals surface area contributed by atoms with E-state index in [0.29, 0.717) is 17.8 Å². The van der Waals surface area contributed by atoms with Crippen molar-refractivity contribution >= 4 is 35.1 Å². The second-order valence-electron chi connectivity index (χ2n) is 15.9. The van der Waals surface area contributed by atoms with Crippen LogP contribution in [0.5, 0.6) is 0 Å². The number of allylic oxidation sites excluding steroid dienone is 2. The molecule has 0 bridgehead atoms. The molecule has 5 atom stereocenters. The number of halogens is 2. The molecule has 0 heterocycles. The van der Waals surface area contributed by atoms with Gasteiger partial charge in [-0.05, 0) is 0 Å². The van der Waals surface area contributed by atoms with Gasteiger partial charge < -0.3 is 0 Å². The average molecular weight is 800 g/mol. The van der Waals surface area contributed by atoms with Gasteiger partial charge in [0.2, 0.25) is 0 Å². The second-order valence-corrected chi connectivity index (χ2v) is 58.5. The Morgan fingerprint density at radius 2 is 1.08 bits per heavy atom. The van der Waals surface area contributed by atoms with E-state index in [1.165, 1.54) is 66.8 Å². The Morgan fingerprint density at radius 1 is 0.620 bits per heavy atom. The van der Waals surface area contributed by atoms with E-state index in [1.54, 1.807) is 0 Å². The first-order chi connectivity index (χ1) is 23.8. The molecule has 0 aliphatic heterocycles. The van der Waals surface area contributed by atoms with Gasteiger partial charge in [0.25, 0.3) is 0 Å². The summed E-state index contributed by atoms with van der Waals surface area (Å²) in [6.45, 7) is 21.1. The summed E-state index contributed by atoms with van der Waals surface area (Å²) >= 11 is -4.85. The van der Waals surface area contributed by atoms with E-state index in [4.69, 9.17) is 17.0 Å². The number of hydrogen-bond donors (Lipinski definition) is 0. The Morgan fingerprint density at radius 3 is 1.52 bits per heavy atom. The van der Waals surface area contributed by atoms with Crippen LogP contribution in [0, 0.1) is 5.92 Å². The fourth-order valence-corrected chi connectivity index (χ4v) is 41.2. The van der Waals surface area contributed by atoms with Crippen LogP contribution >= 0.6 is 17.0 Å². The molecule has 2 aliphatic carbocycles. The van der Waals surface area contributed by atoms with Crippen LogP contribution in [-0.4, -0.2) is 5.92 Å². The Bertz CT molecular complexity index is 1920. The van der Waals surface area contributed by atoms with Crippen molar-refractivity contribution in [1.82, 2.24) is 0 Å². The van der Waals surface area contributed by atoms with Crippen molar-refractivity contribution in [2.45, 2.75) is 106 Å². The van der Waals surface area contributed by atoms with Crippen LogP contribution < -0.4 is 0 Å². The van der Waals surface area contributed by atoms with Gasteiger partial charge in [0, 0.05) is 0 Å². The van der Waals surface area contributed by atoms with Crippen LogP contribution in [0.2, 0.25) is 13.1 Å². The summed E-state index contributed by atoms with van der Waals surface area (Å²) in [4.78, 5) is 0. The fraction of sp³-hybridized carbons (Fsp3) is 0.391. The van der Waals surface area contributed by atoms with Crippen LogP contribution in [0.15, 0.2) is 96.1 Å². The fourth-order valence-electron chi connectivity index (χ4n) is 9.14. The van der Waals surface area contributed by atoms with Crippen molar-refractivity contribution in [1.29, 1.82) is 0 Å². The first kappa shape index (κ1) is 37.8. The molecule has 0 fully saturated rings. The number of benzene rings is 4. The van der Waals surface area contributed by atoms with Gasteiger partial charge in [-0.25, -0.2) is 0 Å². The molecule has 5 unspecified atom stereocenters. The molecule has 0 saturated carbocycles. The molecule has 0 N–H and O–H groups in total. The summed E-state index contributed by atoms with van der Waals surface area (Å²) in [7, 11) is 17.5. The van der Waals surface area contributed by atoms with E-state index < -0.39 is 21.5 Å². The number of hydrogen-bond acceptors (Lipinski definition) is 0. The van der Waals surface area contributed by atoms with Crippen LogP contribution in [0.3, 0.4) is 0 Å². The van der Waals surface area contributed by atoms with Gasteiger partial charge in [-0.15, -0.1) is 0 Å². The Balaban J connectivity index is 1.52. The van der Waals surface area contributed by atoms with Crippen molar-refractivity contribution in [3.05, 3.63) is 129 Å². The van der Waals surface area contributed by atoms with Crippen molar-refractivity contribution in [2.24, 2.45) is 5.92 Å². The number of fused-ring (bicyclic) bond motifs is 2. The molecule has 4 aromatic carbocycles. The van der Waals surface area contributed by atoms with Gasteiger partial charge >= 0.3 is 315 Å². The first-order valence-electron chi connectivity index (χ1n) is 19.3. The zero-order valence-electron chi connectivity index (χ0n) is 31.8. The van der Waals surface area contributed by atoms with Crippen LogP contribution in [0.25, 0.3) is 34.4 Å². The summed E-state index contributed by atoms with van der Waals surface area (Å²) < 4.78 is 0.188. The SMILES string of the molecule is CCCC(C)C1=Cc2c(-c3ccc(C(C)CC)cc3)cccc2[CH]1[Zr]([Cl])([Cl])([CH]1C(C)=Cc2c(-c3ccc(C(C)CC)cc3)cccc21)[SiH](C)C. The van der Waals surface area contributed by atoms with Crippen molar-refractivity contribution in [3.8, 4) is 22.3 Å². The topological polar surface area (TPSA) is 0 Å². The molecule has 263 valence electrons. The summed E-state index contributed by atoms with van der Waals surface area (Å²) in [6, 6.07) is 32.4. The molecule has 0 saturated heterocycles. The molecule has 2 aliphatic rings. The van der Waals surface area contributed by atoms with Crippen molar-refractivity contribution < 1.29 is 15.6 Å². The summed E-state index contributed by atoms with van der Waals surface area (Å²) in [5.41, 5.74) is 16.2. The minimum absolute atomic E-state index is 0.0902. The van der Waals surface area contributed by atoms with E-state index in [9.17, 15) is 0 Å². The molecule has 0 aromatic heterocycles. The third kappa shape index (κ3) is 6.37. The van der Waals surface area contributed by atoms with Crippen molar-refractivity contribution in [2.75, 3.05) is 0 Å².